The van der Waals surface area contributed by atoms with Gasteiger partial charge in [0, 0.05) is 25.7 Å². The third-order valence-electron chi connectivity index (χ3n) is 5.62. The highest BCUT2D eigenvalue weighted by Crippen LogP contribution is 2.25. The van der Waals surface area contributed by atoms with Crippen molar-refractivity contribution in [3.8, 4) is 0 Å². The normalized spacial score (nSPS) is 28.4. The van der Waals surface area contributed by atoms with Crippen molar-refractivity contribution < 1.29 is 0 Å². The van der Waals surface area contributed by atoms with E-state index in [0.29, 0.717) is 0 Å². The molecule has 2 heteroatoms. The van der Waals surface area contributed by atoms with Gasteiger partial charge in [0.1, 0.15) is 0 Å². The summed E-state index contributed by atoms with van der Waals surface area (Å²) in [5.74, 6) is 2.68. The molecule has 0 aromatic carbocycles. The molecule has 0 bridgehead atoms. The van der Waals surface area contributed by atoms with Gasteiger partial charge in [-0.3, -0.25) is 0 Å². The van der Waals surface area contributed by atoms with Gasteiger partial charge in [0.05, 0.1) is 0 Å². The van der Waals surface area contributed by atoms with Crippen LogP contribution in [0.1, 0.15) is 78.6 Å². The van der Waals surface area contributed by atoms with Crippen LogP contribution >= 0.6 is 0 Å². The van der Waals surface area contributed by atoms with Crippen LogP contribution in [-0.4, -0.2) is 37.1 Å². The van der Waals surface area contributed by atoms with Gasteiger partial charge in [0.15, 0.2) is 0 Å². The summed E-state index contributed by atoms with van der Waals surface area (Å²) in [5.41, 5.74) is 0. The number of hydrogen-bond acceptors (Lipinski definition) is 2. The molecule has 2 atom stereocenters. The van der Waals surface area contributed by atoms with Crippen molar-refractivity contribution in [3.63, 3.8) is 0 Å². The molecule has 0 spiro atoms. The first-order valence-electron chi connectivity index (χ1n) is 10.1. The first kappa shape index (κ1) is 18.3. The minimum atomic E-state index is 0.747. The molecule has 2 nitrogen and oxygen atoms in total. The lowest BCUT2D eigenvalue weighted by molar-refractivity contribution is 0.119. The monoisotopic (exact) mass is 308 g/mol. The first-order valence-corrected chi connectivity index (χ1v) is 10.1. The third-order valence-corrected chi connectivity index (χ3v) is 5.62. The summed E-state index contributed by atoms with van der Waals surface area (Å²) < 4.78 is 0. The van der Waals surface area contributed by atoms with E-state index in [2.05, 4.69) is 31.0 Å². The lowest BCUT2D eigenvalue weighted by Gasteiger charge is -2.40. The smallest absolute Gasteiger partial charge is 0.0198 e. The quantitative estimate of drug-likeness (QED) is 0.699. The fourth-order valence-electron chi connectivity index (χ4n) is 4.54. The lowest BCUT2D eigenvalue weighted by Crippen LogP contribution is -2.51. The topological polar surface area (TPSA) is 15.3 Å². The summed E-state index contributed by atoms with van der Waals surface area (Å²) in [7, 11) is 0. The van der Waals surface area contributed by atoms with E-state index in [4.69, 9.17) is 0 Å². The van der Waals surface area contributed by atoms with E-state index in [1.54, 1.807) is 0 Å². The highest BCUT2D eigenvalue weighted by Gasteiger charge is 2.27. The number of unbranched alkanes of at least 4 members (excludes halogenated alkanes) is 1. The van der Waals surface area contributed by atoms with Crippen LogP contribution < -0.4 is 5.32 Å². The Morgan fingerprint density at radius 1 is 1.05 bits per heavy atom. The lowest BCUT2D eigenvalue weighted by atomic mass is 9.87. The van der Waals surface area contributed by atoms with Crippen molar-refractivity contribution in [1.82, 2.24) is 10.2 Å². The van der Waals surface area contributed by atoms with E-state index in [1.807, 2.05) is 0 Å². The molecule has 0 aromatic rings. The van der Waals surface area contributed by atoms with Crippen LogP contribution in [0.5, 0.6) is 0 Å². The molecule has 2 unspecified atom stereocenters. The Morgan fingerprint density at radius 2 is 1.82 bits per heavy atom. The molecular formula is C20H40N2. The minimum Gasteiger partial charge on any atom is -0.312 e. The molecule has 2 aliphatic rings. The SMILES string of the molecule is CCCCC1CC(NCC2CCCCC2)CN(CC(C)C)C1. The van der Waals surface area contributed by atoms with Gasteiger partial charge in [0.2, 0.25) is 0 Å². The van der Waals surface area contributed by atoms with E-state index in [9.17, 15) is 0 Å². The maximum absolute atomic E-state index is 3.96. The molecule has 1 aliphatic carbocycles. The Bertz CT molecular complexity index is 283. The number of likely N-dealkylation sites (tertiary alicyclic amines) is 1. The molecule has 0 radical (unpaired) electrons. The Labute approximate surface area is 139 Å². The minimum absolute atomic E-state index is 0.747. The van der Waals surface area contributed by atoms with Crippen molar-refractivity contribution >= 4 is 0 Å². The average Bonchev–Trinajstić information content (AvgIpc) is 2.51. The van der Waals surface area contributed by atoms with E-state index in [0.717, 1.165) is 23.8 Å². The Balaban J connectivity index is 1.78. The van der Waals surface area contributed by atoms with Gasteiger partial charge in [0.25, 0.3) is 0 Å². The summed E-state index contributed by atoms with van der Waals surface area (Å²) in [6.45, 7) is 12.2. The van der Waals surface area contributed by atoms with Gasteiger partial charge >= 0.3 is 0 Å². The van der Waals surface area contributed by atoms with E-state index >= 15 is 0 Å². The molecule has 22 heavy (non-hydrogen) atoms. The van der Waals surface area contributed by atoms with Crippen LogP contribution in [0.15, 0.2) is 0 Å². The molecular weight excluding hydrogens is 268 g/mol. The summed E-state index contributed by atoms with van der Waals surface area (Å²) in [4.78, 5) is 2.74. The van der Waals surface area contributed by atoms with E-state index < -0.39 is 0 Å². The fourth-order valence-corrected chi connectivity index (χ4v) is 4.54. The third kappa shape index (κ3) is 6.58. The van der Waals surface area contributed by atoms with Gasteiger partial charge < -0.3 is 10.2 Å². The summed E-state index contributed by atoms with van der Waals surface area (Å²) >= 11 is 0. The van der Waals surface area contributed by atoms with E-state index in [-0.39, 0.29) is 0 Å². The van der Waals surface area contributed by atoms with Gasteiger partial charge in [-0.25, -0.2) is 0 Å². The molecule has 1 saturated heterocycles. The van der Waals surface area contributed by atoms with Crippen LogP contribution in [0.25, 0.3) is 0 Å². The second-order valence-electron chi connectivity index (χ2n) is 8.47. The second-order valence-corrected chi connectivity index (χ2v) is 8.47. The van der Waals surface area contributed by atoms with E-state index in [1.165, 1.54) is 84.0 Å². The van der Waals surface area contributed by atoms with Crippen LogP contribution in [0.3, 0.4) is 0 Å². The molecule has 1 aliphatic heterocycles. The fraction of sp³-hybridized carbons (Fsp3) is 1.00. The van der Waals surface area contributed by atoms with Gasteiger partial charge in [-0.2, -0.15) is 0 Å². The van der Waals surface area contributed by atoms with Crippen molar-refractivity contribution in [3.05, 3.63) is 0 Å². The number of rotatable bonds is 8. The summed E-state index contributed by atoms with van der Waals surface area (Å²) in [6.07, 6.45) is 13.0. The van der Waals surface area contributed by atoms with Crippen molar-refractivity contribution in [2.75, 3.05) is 26.2 Å². The largest absolute Gasteiger partial charge is 0.312 e. The molecule has 2 rings (SSSR count). The highest BCUT2D eigenvalue weighted by molar-refractivity contribution is 4.85. The molecule has 0 amide bonds. The highest BCUT2D eigenvalue weighted by atomic mass is 15.2. The zero-order valence-corrected chi connectivity index (χ0v) is 15.4. The predicted octanol–water partition coefficient (Wildman–Crippen LogP) is 4.69. The molecule has 1 saturated carbocycles. The number of piperidine rings is 1. The van der Waals surface area contributed by atoms with Crippen molar-refractivity contribution in [2.45, 2.75) is 84.6 Å². The standard InChI is InChI=1S/C20H40N2/c1-4-5-9-19-12-20(16-22(15-19)14-17(2)3)21-13-18-10-7-6-8-11-18/h17-21H,4-16H2,1-3H3. The zero-order chi connectivity index (χ0) is 15.8. The summed E-state index contributed by atoms with van der Waals surface area (Å²) in [6, 6.07) is 0.747. The Hall–Kier alpha value is -0.0800. The van der Waals surface area contributed by atoms with Gasteiger partial charge in [-0.05, 0) is 50.0 Å². The van der Waals surface area contributed by atoms with Crippen molar-refractivity contribution in [1.29, 1.82) is 0 Å². The van der Waals surface area contributed by atoms with Crippen LogP contribution in [0.4, 0.5) is 0 Å². The van der Waals surface area contributed by atoms with Crippen LogP contribution in [0, 0.1) is 17.8 Å². The van der Waals surface area contributed by atoms with Gasteiger partial charge in [-0.15, -0.1) is 0 Å². The van der Waals surface area contributed by atoms with Crippen LogP contribution in [0.2, 0.25) is 0 Å². The molecule has 1 heterocycles. The van der Waals surface area contributed by atoms with Crippen LogP contribution in [-0.2, 0) is 0 Å². The molecule has 2 fully saturated rings. The number of nitrogens with zero attached hydrogens (tertiary/aromatic N) is 1. The molecule has 1 N–H and O–H groups in total. The predicted molar refractivity (Wildman–Crippen MR) is 97.3 cm³/mol. The Kier molecular flexibility index (Phi) is 8.24. The van der Waals surface area contributed by atoms with Crippen molar-refractivity contribution in [2.24, 2.45) is 17.8 Å². The maximum atomic E-state index is 3.96. The second kappa shape index (κ2) is 9.93. The molecule has 0 aromatic heterocycles. The van der Waals surface area contributed by atoms with Gasteiger partial charge in [-0.1, -0.05) is 52.9 Å². The summed E-state index contributed by atoms with van der Waals surface area (Å²) in [5, 5.41) is 3.96. The first-order chi connectivity index (χ1) is 10.7. The average molecular weight is 309 g/mol. The zero-order valence-electron chi connectivity index (χ0n) is 15.4. The number of hydrogen-bond donors (Lipinski definition) is 1. The maximum Gasteiger partial charge on any atom is 0.0198 e. The Morgan fingerprint density at radius 3 is 2.50 bits per heavy atom. The number of nitrogens with one attached hydrogen (secondary N) is 1. The molecule has 130 valence electrons.